The Hall–Kier alpha value is 0.350. The summed E-state index contributed by atoms with van der Waals surface area (Å²) in [5, 5.41) is 2.20. The fourth-order valence-corrected chi connectivity index (χ4v) is 2.97. The molecule has 0 spiro atoms. The Morgan fingerprint density at radius 1 is 0.778 bits per heavy atom. The minimum absolute atomic E-state index is 1.10. The molecule has 0 bridgehead atoms. The van der Waals surface area contributed by atoms with Crippen LogP contribution >= 0.6 is 11.8 Å². The van der Waals surface area contributed by atoms with Gasteiger partial charge in [0.05, 0.1) is 0 Å². The Bertz CT molecular complexity index is 88.7. The Labute approximate surface area is 61.4 Å². The molecule has 0 aromatic carbocycles. The van der Waals surface area contributed by atoms with Gasteiger partial charge in [0.25, 0.3) is 0 Å². The van der Waals surface area contributed by atoms with E-state index in [-0.39, 0.29) is 0 Å². The predicted molar refractivity (Wildman–Crippen MR) is 42.9 cm³/mol. The normalized spacial score (nSPS) is 42.7. The molecule has 0 radical (unpaired) electrons. The molecule has 2 aliphatic rings. The molecule has 9 heavy (non-hydrogen) atoms. The highest BCUT2D eigenvalue weighted by Gasteiger charge is 2.37. The average Bonchev–Trinajstić information content (AvgIpc) is 2.46. The van der Waals surface area contributed by atoms with E-state index in [2.05, 4.69) is 11.8 Å². The SMILES string of the molecule is C1CCC[C@@H]2S[C@H]2CC1. The maximum absolute atomic E-state index is 2.23. The molecule has 2 fully saturated rings. The van der Waals surface area contributed by atoms with Crippen LogP contribution in [0, 0.1) is 0 Å². The molecule has 0 aromatic heterocycles. The van der Waals surface area contributed by atoms with Crippen LogP contribution in [0.1, 0.15) is 38.5 Å². The van der Waals surface area contributed by atoms with Gasteiger partial charge in [-0.1, -0.05) is 25.7 Å². The number of hydrogen-bond acceptors (Lipinski definition) is 1. The van der Waals surface area contributed by atoms with Crippen molar-refractivity contribution in [3.8, 4) is 0 Å². The zero-order valence-corrected chi connectivity index (χ0v) is 6.62. The first kappa shape index (κ1) is 6.09. The number of fused-ring (bicyclic) bond motifs is 1. The lowest BCUT2D eigenvalue weighted by atomic mass is 10.0. The number of thioether (sulfide) groups is 1. The molecule has 1 aliphatic carbocycles. The van der Waals surface area contributed by atoms with Gasteiger partial charge < -0.3 is 0 Å². The van der Waals surface area contributed by atoms with E-state index >= 15 is 0 Å². The van der Waals surface area contributed by atoms with Crippen LogP contribution in [0.3, 0.4) is 0 Å². The van der Waals surface area contributed by atoms with E-state index in [1.54, 1.807) is 0 Å². The van der Waals surface area contributed by atoms with Gasteiger partial charge in [0.15, 0.2) is 0 Å². The second kappa shape index (κ2) is 2.53. The summed E-state index contributed by atoms with van der Waals surface area (Å²) in [6.45, 7) is 0. The molecule has 0 N–H and O–H groups in total. The molecule has 0 nitrogen and oxygen atoms in total. The zero-order valence-electron chi connectivity index (χ0n) is 5.81. The first-order valence-corrected chi connectivity index (χ1v) is 5.06. The third kappa shape index (κ3) is 1.43. The fraction of sp³-hybridized carbons (Fsp3) is 1.00. The van der Waals surface area contributed by atoms with E-state index in [1.807, 2.05) is 0 Å². The fourth-order valence-electron chi connectivity index (χ4n) is 1.73. The van der Waals surface area contributed by atoms with Gasteiger partial charge in [-0.2, -0.15) is 11.8 Å². The topological polar surface area (TPSA) is 0 Å². The molecule has 52 valence electrons. The quantitative estimate of drug-likeness (QED) is 0.469. The van der Waals surface area contributed by atoms with Gasteiger partial charge in [0.2, 0.25) is 0 Å². The van der Waals surface area contributed by atoms with Crippen molar-refractivity contribution in [2.75, 3.05) is 0 Å². The van der Waals surface area contributed by atoms with Crippen LogP contribution in [0.25, 0.3) is 0 Å². The zero-order chi connectivity index (χ0) is 6.10. The summed E-state index contributed by atoms with van der Waals surface area (Å²) in [5.74, 6) is 0. The van der Waals surface area contributed by atoms with Crippen LogP contribution in [0.15, 0.2) is 0 Å². The summed E-state index contributed by atoms with van der Waals surface area (Å²) in [5.41, 5.74) is 0. The largest absolute Gasteiger partial charge is 0.153 e. The summed E-state index contributed by atoms with van der Waals surface area (Å²) in [6.07, 6.45) is 9.07. The van der Waals surface area contributed by atoms with Crippen LogP contribution in [0.2, 0.25) is 0 Å². The van der Waals surface area contributed by atoms with Crippen molar-refractivity contribution in [1.29, 1.82) is 0 Å². The molecule has 1 saturated carbocycles. The molecular weight excluding hydrogens is 128 g/mol. The summed E-state index contributed by atoms with van der Waals surface area (Å²) >= 11 is 2.23. The summed E-state index contributed by atoms with van der Waals surface area (Å²) in [4.78, 5) is 0. The second-order valence-electron chi connectivity index (χ2n) is 3.20. The highest BCUT2D eigenvalue weighted by Crippen LogP contribution is 2.48. The van der Waals surface area contributed by atoms with Crippen LogP contribution in [-0.2, 0) is 0 Å². The Morgan fingerprint density at radius 2 is 1.33 bits per heavy atom. The molecule has 1 heteroatoms. The van der Waals surface area contributed by atoms with Crippen molar-refractivity contribution in [1.82, 2.24) is 0 Å². The van der Waals surface area contributed by atoms with Crippen LogP contribution in [-0.4, -0.2) is 10.5 Å². The predicted octanol–water partition coefficient (Wildman–Crippen LogP) is 2.82. The lowest BCUT2D eigenvalue weighted by Gasteiger charge is -2.03. The van der Waals surface area contributed by atoms with E-state index in [0.717, 1.165) is 10.5 Å². The van der Waals surface area contributed by atoms with Crippen molar-refractivity contribution >= 4 is 11.8 Å². The second-order valence-corrected chi connectivity index (χ2v) is 4.69. The molecular formula is C8H14S. The van der Waals surface area contributed by atoms with Crippen LogP contribution in [0.5, 0.6) is 0 Å². The summed E-state index contributed by atoms with van der Waals surface area (Å²) in [6, 6.07) is 0. The van der Waals surface area contributed by atoms with Crippen LogP contribution < -0.4 is 0 Å². The van der Waals surface area contributed by atoms with Crippen molar-refractivity contribution in [2.24, 2.45) is 0 Å². The molecule has 2 rings (SSSR count). The lowest BCUT2D eigenvalue weighted by Crippen LogP contribution is -1.97. The molecule has 0 amide bonds. The number of hydrogen-bond donors (Lipinski definition) is 0. The Balaban J connectivity index is 1.81. The molecule has 2 atom stereocenters. The Kier molecular flexibility index (Phi) is 1.71. The third-order valence-electron chi connectivity index (χ3n) is 2.41. The molecule has 1 saturated heterocycles. The average molecular weight is 142 g/mol. The minimum Gasteiger partial charge on any atom is -0.153 e. The van der Waals surface area contributed by atoms with Gasteiger partial charge in [0.1, 0.15) is 0 Å². The lowest BCUT2D eigenvalue weighted by molar-refractivity contribution is 0.551. The maximum atomic E-state index is 2.23. The van der Waals surface area contributed by atoms with Gasteiger partial charge >= 0.3 is 0 Å². The number of rotatable bonds is 0. The van der Waals surface area contributed by atoms with Gasteiger partial charge in [-0.25, -0.2) is 0 Å². The van der Waals surface area contributed by atoms with Gasteiger partial charge in [-0.15, -0.1) is 0 Å². The van der Waals surface area contributed by atoms with Crippen molar-refractivity contribution in [2.45, 2.75) is 49.0 Å². The smallest absolute Gasteiger partial charge is 0.0169 e. The maximum Gasteiger partial charge on any atom is 0.0169 e. The molecule has 1 aliphatic heterocycles. The first-order chi connectivity index (χ1) is 4.47. The minimum atomic E-state index is 1.10. The van der Waals surface area contributed by atoms with Crippen LogP contribution in [0.4, 0.5) is 0 Å². The first-order valence-electron chi connectivity index (χ1n) is 4.12. The van der Waals surface area contributed by atoms with Crippen molar-refractivity contribution < 1.29 is 0 Å². The summed E-state index contributed by atoms with van der Waals surface area (Å²) < 4.78 is 0. The summed E-state index contributed by atoms with van der Waals surface area (Å²) in [7, 11) is 0. The monoisotopic (exact) mass is 142 g/mol. The van der Waals surface area contributed by atoms with Gasteiger partial charge in [0, 0.05) is 10.5 Å². The molecule has 0 aromatic rings. The van der Waals surface area contributed by atoms with Gasteiger partial charge in [-0.3, -0.25) is 0 Å². The third-order valence-corrected chi connectivity index (χ3v) is 3.93. The van der Waals surface area contributed by atoms with Gasteiger partial charge in [-0.05, 0) is 12.8 Å². The van der Waals surface area contributed by atoms with E-state index < -0.39 is 0 Å². The van der Waals surface area contributed by atoms with E-state index in [9.17, 15) is 0 Å². The highest BCUT2D eigenvalue weighted by molar-refractivity contribution is 8.07. The van der Waals surface area contributed by atoms with Crippen molar-refractivity contribution in [3.05, 3.63) is 0 Å². The molecule has 0 unspecified atom stereocenters. The van der Waals surface area contributed by atoms with Crippen molar-refractivity contribution in [3.63, 3.8) is 0 Å². The van der Waals surface area contributed by atoms with E-state index in [1.165, 1.54) is 38.5 Å². The molecule has 1 heterocycles. The van der Waals surface area contributed by atoms with E-state index in [4.69, 9.17) is 0 Å². The Morgan fingerprint density at radius 3 is 1.89 bits per heavy atom. The van der Waals surface area contributed by atoms with E-state index in [0.29, 0.717) is 0 Å². The standard InChI is InChI=1S/C8H14S/c1-2-4-6-8-7(9-8)5-3-1/h7-8H,1-6H2/t7-,8-/m0/s1. The highest BCUT2D eigenvalue weighted by atomic mass is 32.2.